The lowest BCUT2D eigenvalue weighted by molar-refractivity contribution is 0.660. The van der Waals surface area contributed by atoms with Crippen molar-refractivity contribution in [2.45, 2.75) is 24.4 Å². The van der Waals surface area contributed by atoms with Gasteiger partial charge in [0.25, 0.3) is 0 Å². The first-order valence-corrected chi connectivity index (χ1v) is 6.80. The molecule has 7 heteroatoms. The van der Waals surface area contributed by atoms with Crippen LogP contribution in [0.2, 0.25) is 5.02 Å². The number of nitrogens with one attached hydrogen (secondary N) is 1. The summed E-state index contributed by atoms with van der Waals surface area (Å²) in [5, 5.41) is 7.66. The van der Waals surface area contributed by atoms with Gasteiger partial charge in [-0.3, -0.25) is 4.57 Å². The number of halogens is 1. The number of aromatic amines is 1. The Morgan fingerprint density at radius 3 is 3.00 bits per heavy atom. The predicted molar refractivity (Wildman–Crippen MR) is 73.9 cm³/mol. The molecule has 0 fully saturated rings. The zero-order valence-corrected chi connectivity index (χ0v) is 11.4. The molecule has 2 rings (SSSR count). The fourth-order valence-electron chi connectivity index (χ4n) is 1.56. The highest BCUT2D eigenvalue weighted by Crippen LogP contribution is 2.28. The van der Waals surface area contributed by atoms with Crippen molar-refractivity contribution in [1.29, 1.82) is 0 Å². The largest absolute Gasteiger partial charge is 0.398 e. The molecule has 1 aromatic carbocycles. The van der Waals surface area contributed by atoms with Gasteiger partial charge in [-0.25, -0.2) is 9.89 Å². The number of hydrogen-bond acceptors (Lipinski definition) is 4. The first-order chi connectivity index (χ1) is 8.63. The quantitative estimate of drug-likeness (QED) is 0.666. The van der Waals surface area contributed by atoms with Crippen molar-refractivity contribution in [2.75, 3.05) is 5.73 Å². The van der Waals surface area contributed by atoms with Gasteiger partial charge in [0.1, 0.15) is 0 Å². The van der Waals surface area contributed by atoms with E-state index in [0.717, 1.165) is 5.56 Å². The van der Waals surface area contributed by atoms with Crippen LogP contribution in [-0.4, -0.2) is 14.8 Å². The van der Waals surface area contributed by atoms with E-state index in [2.05, 4.69) is 10.2 Å². The predicted octanol–water partition coefficient (Wildman–Crippen LogP) is 2.12. The van der Waals surface area contributed by atoms with Gasteiger partial charge >= 0.3 is 5.69 Å². The molecule has 3 N–H and O–H groups in total. The molecule has 1 heterocycles. The standard InChI is InChI=1S/C11H13ClN4OS/c1-2-16-10(17)14-15-11(16)18-6-7-8(12)4-3-5-9(7)13/h3-5H,2,6,13H2,1H3,(H,14,17). The van der Waals surface area contributed by atoms with Crippen LogP contribution in [0.5, 0.6) is 0 Å². The van der Waals surface area contributed by atoms with Crippen molar-refractivity contribution in [3.05, 3.63) is 39.3 Å². The van der Waals surface area contributed by atoms with Crippen LogP contribution in [0, 0.1) is 0 Å². The monoisotopic (exact) mass is 284 g/mol. The van der Waals surface area contributed by atoms with Crippen LogP contribution in [0.15, 0.2) is 28.2 Å². The summed E-state index contributed by atoms with van der Waals surface area (Å²) in [5.41, 5.74) is 7.18. The van der Waals surface area contributed by atoms with Crippen molar-refractivity contribution in [1.82, 2.24) is 14.8 Å². The summed E-state index contributed by atoms with van der Waals surface area (Å²) in [5.74, 6) is 0.579. The van der Waals surface area contributed by atoms with Gasteiger partial charge in [0, 0.05) is 28.6 Å². The number of aromatic nitrogens is 3. The van der Waals surface area contributed by atoms with Gasteiger partial charge in [-0.2, -0.15) is 0 Å². The molecule has 0 aliphatic rings. The maximum Gasteiger partial charge on any atom is 0.343 e. The molecule has 96 valence electrons. The molecule has 0 atom stereocenters. The van der Waals surface area contributed by atoms with Gasteiger partial charge in [-0.1, -0.05) is 29.4 Å². The zero-order valence-electron chi connectivity index (χ0n) is 9.81. The highest BCUT2D eigenvalue weighted by atomic mass is 35.5. The number of anilines is 1. The first kappa shape index (κ1) is 13.0. The summed E-state index contributed by atoms with van der Waals surface area (Å²) >= 11 is 7.51. The molecule has 0 radical (unpaired) electrons. The molecule has 0 aliphatic heterocycles. The molecule has 0 saturated heterocycles. The Bertz CT molecular complexity index is 587. The van der Waals surface area contributed by atoms with Gasteiger partial charge in [0.05, 0.1) is 0 Å². The Labute approximate surface area is 113 Å². The summed E-state index contributed by atoms with van der Waals surface area (Å²) in [4.78, 5) is 11.4. The smallest absolute Gasteiger partial charge is 0.343 e. The topological polar surface area (TPSA) is 76.7 Å². The van der Waals surface area contributed by atoms with Crippen LogP contribution >= 0.6 is 23.4 Å². The summed E-state index contributed by atoms with van der Waals surface area (Å²) in [7, 11) is 0. The molecule has 0 amide bonds. The number of rotatable bonds is 4. The molecular formula is C11H13ClN4OS. The summed E-state index contributed by atoms with van der Waals surface area (Å²) in [6.07, 6.45) is 0. The van der Waals surface area contributed by atoms with E-state index < -0.39 is 0 Å². The van der Waals surface area contributed by atoms with E-state index in [4.69, 9.17) is 17.3 Å². The Balaban J connectivity index is 2.19. The number of thioether (sulfide) groups is 1. The van der Waals surface area contributed by atoms with Crippen molar-refractivity contribution < 1.29 is 0 Å². The van der Waals surface area contributed by atoms with Crippen LogP contribution in [0.25, 0.3) is 0 Å². The van der Waals surface area contributed by atoms with Gasteiger partial charge in [-0.15, -0.1) is 5.10 Å². The third kappa shape index (κ3) is 2.54. The van der Waals surface area contributed by atoms with Crippen LogP contribution < -0.4 is 11.4 Å². The van der Waals surface area contributed by atoms with E-state index in [1.165, 1.54) is 11.8 Å². The van der Waals surface area contributed by atoms with E-state index in [-0.39, 0.29) is 5.69 Å². The number of H-pyrrole nitrogens is 1. The minimum Gasteiger partial charge on any atom is -0.398 e. The SMILES string of the molecule is CCn1c(SCc2c(N)cccc2Cl)n[nH]c1=O. The highest BCUT2D eigenvalue weighted by Gasteiger charge is 2.10. The first-order valence-electron chi connectivity index (χ1n) is 5.44. The minimum absolute atomic E-state index is 0.202. The van der Waals surface area contributed by atoms with Crippen LogP contribution in [0.4, 0.5) is 5.69 Å². The van der Waals surface area contributed by atoms with Crippen molar-refractivity contribution in [3.63, 3.8) is 0 Å². The second-order valence-corrected chi connectivity index (χ2v) is 5.00. The fourth-order valence-corrected chi connectivity index (χ4v) is 2.96. The average Bonchev–Trinajstić information content (AvgIpc) is 2.69. The van der Waals surface area contributed by atoms with Crippen molar-refractivity contribution in [2.24, 2.45) is 0 Å². The normalized spacial score (nSPS) is 10.8. The van der Waals surface area contributed by atoms with E-state index in [0.29, 0.717) is 28.2 Å². The lowest BCUT2D eigenvalue weighted by Crippen LogP contribution is -2.16. The van der Waals surface area contributed by atoms with Crippen molar-refractivity contribution >= 4 is 29.1 Å². The molecule has 5 nitrogen and oxygen atoms in total. The summed E-state index contributed by atoms with van der Waals surface area (Å²) in [6.45, 7) is 2.47. The second-order valence-electron chi connectivity index (χ2n) is 3.65. The zero-order chi connectivity index (χ0) is 13.1. The van der Waals surface area contributed by atoms with Crippen molar-refractivity contribution in [3.8, 4) is 0 Å². The molecule has 1 aromatic heterocycles. The number of nitrogens with two attached hydrogens (primary N) is 1. The lowest BCUT2D eigenvalue weighted by Gasteiger charge is -2.07. The fraction of sp³-hybridized carbons (Fsp3) is 0.273. The highest BCUT2D eigenvalue weighted by molar-refractivity contribution is 7.98. The molecule has 0 saturated carbocycles. The lowest BCUT2D eigenvalue weighted by atomic mass is 10.2. The molecule has 0 unspecified atom stereocenters. The number of benzene rings is 1. The maximum absolute atomic E-state index is 11.4. The van der Waals surface area contributed by atoms with Gasteiger partial charge in [0.15, 0.2) is 5.16 Å². The van der Waals surface area contributed by atoms with E-state index in [9.17, 15) is 4.79 Å². The van der Waals surface area contributed by atoms with Crippen LogP contribution in [-0.2, 0) is 12.3 Å². The Kier molecular flexibility index (Phi) is 3.98. The molecule has 0 aliphatic carbocycles. The average molecular weight is 285 g/mol. The van der Waals surface area contributed by atoms with Gasteiger partial charge in [0.2, 0.25) is 0 Å². The van der Waals surface area contributed by atoms with E-state index >= 15 is 0 Å². The van der Waals surface area contributed by atoms with E-state index in [1.807, 2.05) is 13.0 Å². The number of hydrogen-bond donors (Lipinski definition) is 2. The number of nitrogens with zero attached hydrogens (tertiary/aromatic N) is 2. The molecule has 18 heavy (non-hydrogen) atoms. The Morgan fingerprint density at radius 1 is 1.56 bits per heavy atom. The Morgan fingerprint density at radius 2 is 2.33 bits per heavy atom. The molecule has 2 aromatic rings. The van der Waals surface area contributed by atoms with E-state index in [1.54, 1.807) is 16.7 Å². The number of nitrogen functional groups attached to an aromatic ring is 1. The molecule has 0 bridgehead atoms. The molecular weight excluding hydrogens is 272 g/mol. The maximum atomic E-state index is 11.4. The minimum atomic E-state index is -0.202. The second kappa shape index (κ2) is 5.49. The van der Waals surface area contributed by atoms with Gasteiger partial charge < -0.3 is 5.73 Å². The third-order valence-corrected chi connectivity index (χ3v) is 3.90. The third-order valence-electron chi connectivity index (χ3n) is 2.54. The van der Waals surface area contributed by atoms with Crippen LogP contribution in [0.3, 0.4) is 0 Å². The summed E-state index contributed by atoms with van der Waals surface area (Å²) < 4.78 is 1.57. The Hall–Kier alpha value is -1.40. The summed E-state index contributed by atoms with van der Waals surface area (Å²) in [6, 6.07) is 5.41. The molecule has 0 spiro atoms. The van der Waals surface area contributed by atoms with Gasteiger partial charge in [-0.05, 0) is 19.1 Å². The van der Waals surface area contributed by atoms with Crippen LogP contribution in [0.1, 0.15) is 12.5 Å².